The van der Waals surface area contributed by atoms with Gasteiger partial charge in [-0.25, -0.2) is 4.98 Å². The van der Waals surface area contributed by atoms with Crippen molar-refractivity contribution in [2.24, 2.45) is 0 Å². The van der Waals surface area contributed by atoms with Crippen molar-refractivity contribution in [1.29, 1.82) is 0 Å². The first-order chi connectivity index (χ1) is 7.15. The summed E-state index contributed by atoms with van der Waals surface area (Å²) < 4.78 is 0. The molecule has 2 N–H and O–H groups in total. The largest absolute Gasteiger partial charge is 0.343 e. The van der Waals surface area contributed by atoms with Crippen molar-refractivity contribution in [3.05, 3.63) is 23.8 Å². The minimum Gasteiger partial charge on any atom is -0.343 e. The van der Waals surface area contributed by atoms with Gasteiger partial charge in [0, 0.05) is 5.57 Å². The van der Waals surface area contributed by atoms with Crippen LogP contribution in [0.1, 0.15) is 39.1 Å². The zero-order chi connectivity index (χ0) is 11.3. The zero-order valence-corrected chi connectivity index (χ0v) is 9.24. The number of H-pyrrole nitrogens is 1. The number of aromatic nitrogens is 3. The first kappa shape index (κ1) is 11.4. The normalized spacial score (nSPS) is 13.7. The number of rotatable bonds is 4. The summed E-state index contributed by atoms with van der Waals surface area (Å²) >= 11 is 0. The Bertz CT molecular complexity index is 342. The number of hydrogen-bond donors (Lipinski definition) is 2. The van der Waals surface area contributed by atoms with Crippen LogP contribution in [0.15, 0.2) is 18.0 Å². The van der Waals surface area contributed by atoms with Crippen molar-refractivity contribution in [2.75, 3.05) is 0 Å². The van der Waals surface area contributed by atoms with Crippen LogP contribution in [0.3, 0.4) is 0 Å². The van der Waals surface area contributed by atoms with E-state index in [1.54, 1.807) is 6.92 Å². The molecule has 0 aliphatic rings. The van der Waals surface area contributed by atoms with E-state index in [1.807, 2.05) is 19.9 Å². The molecule has 1 aromatic rings. The maximum absolute atomic E-state index is 11.6. The van der Waals surface area contributed by atoms with Crippen molar-refractivity contribution in [3.63, 3.8) is 0 Å². The van der Waals surface area contributed by atoms with E-state index in [9.17, 15) is 4.79 Å². The highest BCUT2D eigenvalue weighted by atomic mass is 16.1. The Kier molecular flexibility index (Phi) is 4.03. The van der Waals surface area contributed by atoms with Crippen molar-refractivity contribution < 1.29 is 4.79 Å². The third-order valence-electron chi connectivity index (χ3n) is 2.06. The van der Waals surface area contributed by atoms with E-state index < -0.39 is 0 Å². The molecule has 0 spiro atoms. The van der Waals surface area contributed by atoms with Gasteiger partial charge in [0.2, 0.25) is 5.91 Å². The minimum absolute atomic E-state index is 0.0687. The second-order valence-electron chi connectivity index (χ2n) is 3.36. The van der Waals surface area contributed by atoms with E-state index >= 15 is 0 Å². The summed E-state index contributed by atoms with van der Waals surface area (Å²) in [5, 5.41) is 9.27. The Morgan fingerprint density at radius 2 is 2.47 bits per heavy atom. The highest BCUT2D eigenvalue weighted by molar-refractivity contribution is 5.92. The summed E-state index contributed by atoms with van der Waals surface area (Å²) in [6.07, 6.45) is 4.17. The highest BCUT2D eigenvalue weighted by Crippen LogP contribution is 2.05. The van der Waals surface area contributed by atoms with E-state index in [0.29, 0.717) is 5.82 Å². The zero-order valence-electron chi connectivity index (χ0n) is 9.24. The van der Waals surface area contributed by atoms with Crippen molar-refractivity contribution in [2.45, 2.75) is 33.2 Å². The number of amides is 1. The molecular formula is C10H16N4O. The number of aromatic amines is 1. The lowest BCUT2D eigenvalue weighted by Gasteiger charge is -2.10. The Hall–Kier alpha value is -1.65. The number of carbonyl (C=O) groups is 1. The number of nitrogens with zero attached hydrogens (tertiary/aromatic N) is 2. The summed E-state index contributed by atoms with van der Waals surface area (Å²) in [5.41, 5.74) is 0.726. The molecule has 1 rings (SSSR count). The van der Waals surface area contributed by atoms with Crippen molar-refractivity contribution in [3.8, 4) is 0 Å². The maximum Gasteiger partial charge on any atom is 0.247 e. The van der Waals surface area contributed by atoms with Crippen molar-refractivity contribution >= 4 is 5.91 Å². The van der Waals surface area contributed by atoms with Crippen LogP contribution in [0.5, 0.6) is 0 Å². The molecule has 1 heterocycles. The van der Waals surface area contributed by atoms with Gasteiger partial charge in [-0.2, -0.15) is 5.10 Å². The SMILES string of the molecule is CC/C=C(/C)C(=O)NC(C)c1ncn[nH]1. The lowest BCUT2D eigenvalue weighted by molar-refractivity contribution is -0.118. The predicted molar refractivity (Wildman–Crippen MR) is 57.0 cm³/mol. The topological polar surface area (TPSA) is 70.7 Å². The fourth-order valence-electron chi connectivity index (χ4n) is 1.20. The van der Waals surface area contributed by atoms with E-state index in [2.05, 4.69) is 20.5 Å². The Balaban J connectivity index is 2.56. The van der Waals surface area contributed by atoms with E-state index in [4.69, 9.17) is 0 Å². The number of hydrogen-bond acceptors (Lipinski definition) is 3. The van der Waals surface area contributed by atoms with Gasteiger partial charge in [-0.1, -0.05) is 13.0 Å². The fraction of sp³-hybridized carbons (Fsp3) is 0.500. The molecule has 0 saturated carbocycles. The fourth-order valence-corrected chi connectivity index (χ4v) is 1.20. The van der Waals surface area contributed by atoms with Crippen LogP contribution in [-0.4, -0.2) is 21.1 Å². The van der Waals surface area contributed by atoms with Gasteiger partial charge in [0.05, 0.1) is 6.04 Å². The molecule has 0 aromatic carbocycles. The van der Waals surface area contributed by atoms with Gasteiger partial charge < -0.3 is 5.32 Å². The third kappa shape index (κ3) is 3.19. The Labute approximate surface area is 89.0 Å². The van der Waals surface area contributed by atoms with Crippen LogP contribution in [-0.2, 0) is 4.79 Å². The molecule has 0 saturated heterocycles. The van der Waals surface area contributed by atoms with Gasteiger partial charge in [-0.05, 0) is 20.3 Å². The molecule has 0 radical (unpaired) electrons. The van der Waals surface area contributed by atoms with E-state index in [0.717, 1.165) is 12.0 Å². The molecule has 1 amide bonds. The molecule has 1 unspecified atom stereocenters. The highest BCUT2D eigenvalue weighted by Gasteiger charge is 2.12. The first-order valence-corrected chi connectivity index (χ1v) is 4.98. The monoisotopic (exact) mass is 208 g/mol. The lowest BCUT2D eigenvalue weighted by atomic mass is 10.2. The number of allylic oxidation sites excluding steroid dienone is 1. The molecule has 5 heteroatoms. The Morgan fingerprint density at radius 1 is 1.73 bits per heavy atom. The van der Waals surface area contributed by atoms with Gasteiger partial charge in [0.15, 0.2) is 0 Å². The lowest BCUT2D eigenvalue weighted by Crippen LogP contribution is -2.27. The van der Waals surface area contributed by atoms with Crippen LogP contribution in [0.4, 0.5) is 0 Å². The number of nitrogens with one attached hydrogen (secondary N) is 2. The summed E-state index contributed by atoms with van der Waals surface area (Å²) in [7, 11) is 0. The summed E-state index contributed by atoms with van der Waals surface area (Å²) in [5.74, 6) is 0.591. The van der Waals surface area contributed by atoms with E-state index in [-0.39, 0.29) is 11.9 Å². The third-order valence-corrected chi connectivity index (χ3v) is 2.06. The van der Waals surface area contributed by atoms with Crippen LogP contribution in [0, 0.1) is 0 Å². The molecule has 0 fully saturated rings. The second-order valence-corrected chi connectivity index (χ2v) is 3.36. The van der Waals surface area contributed by atoms with Gasteiger partial charge in [0.1, 0.15) is 12.2 Å². The number of carbonyl (C=O) groups excluding carboxylic acids is 1. The molecule has 15 heavy (non-hydrogen) atoms. The molecule has 1 aromatic heterocycles. The van der Waals surface area contributed by atoms with Gasteiger partial charge >= 0.3 is 0 Å². The second kappa shape index (κ2) is 5.29. The summed E-state index contributed by atoms with van der Waals surface area (Å²) in [6.45, 7) is 5.65. The van der Waals surface area contributed by atoms with Gasteiger partial charge in [-0.15, -0.1) is 0 Å². The molecule has 0 aliphatic heterocycles. The molecule has 0 bridgehead atoms. The first-order valence-electron chi connectivity index (χ1n) is 4.98. The maximum atomic E-state index is 11.6. The predicted octanol–water partition coefficient (Wildman–Crippen LogP) is 1.34. The van der Waals surface area contributed by atoms with Crippen LogP contribution >= 0.6 is 0 Å². The van der Waals surface area contributed by atoms with Crippen molar-refractivity contribution in [1.82, 2.24) is 20.5 Å². The summed E-state index contributed by atoms with van der Waals surface area (Å²) in [6, 6.07) is -0.153. The summed E-state index contributed by atoms with van der Waals surface area (Å²) in [4.78, 5) is 15.6. The standard InChI is InChI=1S/C10H16N4O/c1-4-5-7(2)10(15)13-8(3)9-11-6-12-14-9/h5-6,8H,4H2,1-3H3,(H,13,15)(H,11,12,14)/b7-5-. The average Bonchev–Trinajstić information content (AvgIpc) is 2.70. The van der Waals surface area contributed by atoms with Gasteiger partial charge in [0.25, 0.3) is 0 Å². The average molecular weight is 208 g/mol. The van der Waals surface area contributed by atoms with Gasteiger partial charge in [-0.3, -0.25) is 9.89 Å². The Morgan fingerprint density at radius 3 is 3.00 bits per heavy atom. The quantitative estimate of drug-likeness (QED) is 0.733. The van der Waals surface area contributed by atoms with Crippen LogP contribution in [0.25, 0.3) is 0 Å². The molecule has 0 aliphatic carbocycles. The van der Waals surface area contributed by atoms with Crippen LogP contribution < -0.4 is 5.32 Å². The molecule has 82 valence electrons. The molecule has 5 nitrogen and oxygen atoms in total. The minimum atomic E-state index is -0.153. The van der Waals surface area contributed by atoms with Crippen LogP contribution in [0.2, 0.25) is 0 Å². The molecular weight excluding hydrogens is 192 g/mol. The molecule has 1 atom stereocenters. The van der Waals surface area contributed by atoms with E-state index in [1.165, 1.54) is 6.33 Å². The smallest absolute Gasteiger partial charge is 0.247 e.